The van der Waals surface area contributed by atoms with Crippen molar-refractivity contribution in [2.45, 2.75) is 57.5 Å². The van der Waals surface area contributed by atoms with Gasteiger partial charge in [-0.3, -0.25) is 10.2 Å². The van der Waals surface area contributed by atoms with Gasteiger partial charge in [-0.1, -0.05) is 26.0 Å². The number of hydrogen-bond acceptors (Lipinski definition) is 6. The van der Waals surface area contributed by atoms with Crippen molar-refractivity contribution in [1.82, 2.24) is 16.2 Å². The van der Waals surface area contributed by atoms with E-state index in [1.807, 2.05) is 24.3 Å². The molecule has 1 aromatic carbocycles. The van der Waals surface area contributed by atoms with Crippen LogP contribution >= 0.6 is 0 Å². The predicted molar refractivity (Wildman–Crippen MR) is 97.4 cm³/mol. The first-order valence-corrected chi connectivity index (χ1v) is 9.38. The lowest BCUT2D eigenvalue weighted by Gasteiger charge is -2.33. The molecule has 4 N–H and O–H groups in total. The summed E-state index contributed by atoms with van der Waals surface area (Å²) in [5.74, 6) is 0.930. The number of amides is 1. The van der Waals surface area contributed by atoms with Gasteiger partial charge in [0, 0.05) is 12.6 Å². The standard InChI is InChI=1S/C19H29N3O4/c1-3-15-12(2)18(22-21-15)19(24)20-16-8-9-25-11-17(16)26-14-6-4-13(10-23)5-7-14/h4-7,12,15-18,21-23H,3,8-11H2,1-2H3,(H,20,24)/t12?,15?,16-,17-,18?/m1/s1. The van der Waals surface area contributed by atoms with Crippen molar-refractivity contribution < 1.29 is 19.4 Å². The third-order valence-corrected chi connectivity index (χ3v) is 5.33. The van der Waals surface area contributed by atoms with E-state index in [1.165, 1.54) is 0 Å². The molecule has 2 saturated heterocycles. The molecule has 3 unspecified atom stereocenters. The van der Waals surface area contributed by atoms with Crippen molar-refractivity contribution in [3.8, 4) is 5.75 Å². The van der Waals surface area contributed by atoms with Gasteiger partial charge in [0.15, 0.2) is 0 Å². The molecule has 7 heteroatoms. The molecule has 0 radical (unpaired) electrons. The molecule has 0 aliphatic carbocycles. The fourth-order valence-corrected chi connectivity index (χ4v) is 3.58. The molecular formula is C19H29N3O4. The smallest absolute Gasteiger partial charge is 0.239 e. The van der Waals surface area contributed by atoms with E-state index in [0.29, 0.717) is 25.0 Å². The molecule has 0 bridgehead atoms. The third kappa shape index (κ3) is 4.35. The first-order valence-electron chi connectivity index (χ1n) is 9.38. The summed E-state index contributed by atoms with van der Waals surface area (Å²) in [6, 6.07) is 7.28. The van der Waals surface area contributed by atoms with E-state index in [4.69, 9.17) is 14.6 Å². The van der Waals surface area contributed by atoms with Gasteiger partial charge in [0.1, 0.15) is 17.9 Å². The van der Waals surface area contributed by atoms with E-state index >= 15 is 0 Å². The monoisotopic (exact) mass is 363 g/mol. The summed E-state index contributed by atoms with van der Waals surface area (Å²) in [5.41, 5.74) is 7.15. The van der Waals surface area contributed by atoms with Crippen molar-refractivity contribution >= 4 is 5.91 Å². The van der Waals surface area contributed by atoms with Crippen molar-refractivity contribution in [2.75, 3.05) is 13.2 Å². The summed E-state index contributed by atoms with van der Waals surface area (Å²) in [6.07, 6.45) is 1.46. The van der Waals surface area contributed by atoms with Crippen LogP contribution in [-0.2, 0) is 16.1 Å². The lowest BCUT2D eigenvalue weighted by atomic mass is 9.94. The fourth-order valence-electron chi connectivity index (χ4n) is 3.58. The summed E-state index contributed by atoms with van der Waals surface area (Å²) in [4.78, 5) is 12.7. The van der Waals surface area contributed by atoms with E-state index in [2.05, 4.69) is 30.0 Å². The van der Waals surface area contributed by atoms with Crippen molar-refractivity contribution in [3.63, 3.8) is 0 Å². The molecule has 0 saturated carbocycles. The molecular weight excluding hydrogens is 334 g/mol. The maximum atomic E-state index is 12.7. The van der Waals surface area contributed by atoms with Crippen LogP contribution in [0.3, 0.4) is 0 Å². The predicted octanol–water partition coefficient (Wildman–Crippen LogP) is 0.723. The summed E-state index contributed by atoms with van der Waals surface area (Å²) in [5, 5.41) is 12.3. The average molecular weight is 363 g/mol. The molecule has 26 heavy (non-hydrogen) atoms. The van der Waals surface area contributed by atoms with Crippen LogP contribution in [0.1, 0.15) is 32.3 Å². The van der Waals surface area contributed by atoms with Crippen LogP contribution in [-0.4, -0.2) is 48.5 Å². The number of benzene rings is 1. The Kier molecular flexibility index (Phi) is 6.48. The van der Waals surface area contributed by atoms with Gasteiger partial charge < -0.3 is 19.9 Å². The Bertz CT molecular complexity index is 595. The number of carbonyl (C=O) groups excluding carboxylic acids is 1. The fraction of sp³-hybridized carbons (Fsp3) is 0.632. The highest BCUT2D eigenvalue weighted by molar-refractivity contribution is 5.82. The highest BCUT2D eigenvalue weighted by atomic mass is 16.5. The van der Waals surface area contributed by atoms with E-state index < -0.39 is 0 Å². The van der Waals surface area contributed by atoms with Gasteiger partial charge >= 0.3 is 0 Å². The van der Waals surface area contributed by atoms with E-state index in [9.17, 15) is 4.79 Å². The van der Waals surface area contributed by atoms with Crippen LogP contribution in [0.25, 0.3) is 0 Å². The normalized spacial score (nSPS) is 31.6. The molecule has 1 amide bonds. The zero-order valence-corrected chi connectivity index (χ0v) is 15.4. The molecule has 2 aliphatic heterocycles. The van der Waals surface area contributed by atoms with Gasteiger partial charge in [0.05, 0.1) is 19.3 Å². The lowest BCUT2D eigenvalue weighted by molar-refractivity contribution is -0.126. The van der Waals surface area contributed by atoms with Gasteiger partial charge in [0.25, 0.3) is 0 Å². The summed E-state index contributed by atoms with van der Waals surface area (Å²) < 4.78 is 11.6. The number of hydrazine groups is 1. The number of rotatable bonds is 6. The molecule has 0 aromatic heterocycles. The van der Waals surface area contributed by atoms with Gasteiger partial charge in [-0.2, -0.15) is 0 Å². The molecule has 5 atom stereocenters. The summed E-state index contributed by atoms with van der Waals surface area (Å²) in [6.45, 7) is 5.26. The highest BCUT2D eigenvalue weighted by Crippen LogP contribution is 2.21. The minimum absolute atomic E-state index is 0.00271. The highest BCUT2D eigenvalue weighted by Gasteiger charge is 2.38. The van der Waals surface area contributed by atoms with E-state index in [0.717, 1.165) is 18.4 Å². The summed E-state index contributed by atoms with van der Waals surface area (Å²) in [7, 11) is 0. The molecule has 2 fully saturated rings. The number of aliphatic hydroxyl groups excluding tert-OH is 1. The second-order valence-corrected chi connectivity index (χ2v) is 7.08. The number of ether oxygens (including phenoxy) is 2. The van der Waals surface area contributed by atoms with Gasteiger partial charge in [-0.15, -0.1) is 0 Å². The quantitative estimate of drug-likeness (QED) is 0.595. The molecule has 1 aromatic rings. The van der Waals surface area contributed by atoms with Crippen molar-refractivity contribution in [2.24, 2.45) is 5.92 Å². The topological polar surface area (TPSA) is 91.9 Å². The summed E-state index contributed by atoms with van der Waals surface area (Å²) >= 11 is 0. The van der Waals surface area contributed by atoms with Crippen molar-refractivity contribution in [3.05, 3.63) is 29.8 Å². The largest absolute Gasteiger partial charge is 0.486 e. The SMILES string of the molecule is CCC1NNC(C(=O)N[C@@H]2CCOC[C@H]2Oc2ccc(CO)cc2)C1C. The van der Waals surface area contributed by atoms with E-state index in [-0.39, 0.29) is 36.6 Å². The van der Waals surface area contributed by atoms with Crippen LogP contribution in [0.5, 0.6) is 5.75 Å². The van der Waals surface area contributed by atoms with Gasteiger partial charge in [-0.25, -0.2) is 5.43 Å². The van der Waals surface area contributed by atoms with Crippen LogP contribution in [0.4, 0.5) is 0 Å². The van der Waals surface area contributed by atoms with Crippen LogP contribution < -0.4 is 20.9 Å². The first-order chi connectivity index (χ1) is 12.6. The second-order valence-electron chi connectivity index (χ2n) is 7.08. The number of aliphatic hydroxyl groups is 1. The molecule has 2 heterocycles. The van der Waals surface area contributed by atoms with Gasteiger partial charge in [-0.05, 0) is 36.5 Å². The first kappa shape index (κ1) is 19.1. The van der Waals surface area contributed by atoms with E-state index in [1.54, 1.807) is 0 Å². The maximum Gasteiger partial charge on any atom is 0.239 e. The minimum atomic E-state index is -0.243. The Morgan fingerprint density at radius 2 is 2.12 bits per heavy atom. The third-order valence-electron chi connectivity index (χ3n) is 5.33. The van der Waals surface area contributed by atoms with Crippen LogP contribution in [0, 0.1) is 5.92 Å². The second kappa shape index (κ2) is 8.81. The number of nitrogens with one attached hydrogen (secondary N) is 3. The lowest BCUT2D eigenvalue weighted by Crippen LogP contribution is -2.56. The Labute approximate surface area is 154 Å². The van der Waals surface area contributed by atoms with Crippen LogP contribution in [0.15, 0.2) is 24.3 Å². The zero-order valence-electron chi connectivity index (χ0n) is 15.4. The molecule has 0 spiro atoms. The average Bonchev–Trinajstić information content (AvgIpc) is 3.04. The maximum absolute atomic E-state index is 12.7. The zero-order chi connectivity index (χ0) is 18.5. The molecule has 7 nitrogen and oxygen atoms in total. The Morgan fingerprint density at radius 1 is 1.35 bits per heavy atom. The Hall–Kier alpha value is -1.67. The number of carbonyl (C=O) groups is 1. The Balaban J connectivity index is 1.60. The number of hydrogen-bond donors (Lipinski definition) is 4. The molecule has 3 rings (SSSR count). The molecule has 144 valence electrons. The molecule has 2 aliphatic rings. The minimum Gasteiger partial charge on any atom is -0.486 e. The van der Waals surface area contributed by atoms with Crippen LogP contribution in [0.2, 0.25) is 0 Å². The van der Waals surface area contributed by atoms with Crippen molar-refractivity contribution in [1.29, 1.82) is 0 Å². The Morgan fingerprint density at radius 3 is 2.77 bits per heavy atom. The van der Waals surface area contributed by atoms with Gasteiger partial charge in [0.2, 0.25) is 5.91 Å².